The Balaban J connectivity index is 1.88. The molecule has 0 radical (unpaired) electrons. The lowest BCUT2D eigenvalue weighted by molar-refractivity contribution is 0.114. The van der Waals surface area contributed by atoms with E-state index in [1.165, 1.54) is 0 Å². The minimum atomic E-state index is -3.51. The summed E-state index contributed by atoms with van der Waals surface area (Å²) in [6, 6.07) is 6.78. The molecule has 0 spiro atoms. The van der Waals surface area contributed by atoms with Crippen LogP contribution < -0.4 is 15.4 Å². The minimum absolute atomic E-state index is 0.0203. The Hall–Kier alpha value is -1.90. The molecule has 1 aromatic rings. The molecule has 1 aliphatic heterocycles. The van der Waals surface area contributed by atoms with E-state index in [0.717, 1.165) is 18.4 Å². The van der Waals surface area contributed by atoms with Gasteiger partial charge in [0, 0.05) is 33.3 Å². The van der Waals surface area contributed by atoms with Gasteiger partial charge in [-0.2, -0.15) is 0 Å². The van der Waals surface area contributed by atoms with Crippen LogP contribution in [0.1, 0.15) is 18.4 Å². The molecule has 1 aliphatic rings. The van der Waals surface area contributed by atoms with Crippen molar-refractivity contribution in [3.05, 3.63) is 42.5 Å². The lowest BCUT2D eigenvalue weighted by Crippen LogP contribution is -2.36. The van der Waals surface area contributed by atoms with Gasteiger partial charge in [-0.3, -0.25) is 4.99 Å². The van der Waals surface area contributed by atoms with Crippen LogP contribution in [0.2, 0.25) is 0 Å². The number of aliphatic imine (C=N–C) groups is 1. The summed E-state index contributed by atoms with van der Waals surface area (Å²) in [6.07, 6.45) is 3.61. The molecule has 2 rings (SSSR count). The monoisotopic (exact) mass is 366 g/mol. The number of benzene rings is 1. The fraction of sp³-hybridized carbons (Fsp3) is 0.471. The Labute approximate surface area is 149 Å². The van der Waals surface area contributed by atoms with Crippen LogP contribution >= 0.6 is 0 Å². The molecule has 0 saturated carbocycles. The highest BCUT2D eigenvalue weighted by atomic mass is 32.2. The van der Waals surface area contributed by atoms with Crippen molar-refractivity contribution in [1.82, 2.24) is 15.4 Å². The van der Waals surface area contributed by atoms with Crippen molar-refractivity contribution in [2.45, 2.75) is 30.4 Å². The smallest absolute Gasteiger partial charge is 0.240 e. The van der Waals surface area contributed by atoms with E-state index in [2.05, 4.69) is 26.9 Å². The summed E-state index contributed by atoms with van der Waals surface area (Å²) < 4.78 is 32.7. The summed E-state index contributed by atoms with van der Waals surface area (Å²) in [7, 11) is -1.82. The van der Waals surface area contributed by atoms with Gasteiger partial charge >= 0.3 is 0 Å². The van der Waals surface area contributed by atoms with Gasteiger partial charge in [0.05, 0.1) is 11.0 Å². The maximum absolute atomic E-state index is 12.3. The molecular weight excluding hydrogens is 340 g/mol. The van der Waals surface area contributed by atoms with E-state index < -0.39 is 10.0 Å². The van der Waals surface area contributed by atoms with Gasteiger partial charge in [0.15, 0.2) is 5.96 Å². The average Bonchev–Trinajstić information content (AvgIpc) is 3.14. The van der Waals surface area contributed by atoms with Crippen molar-refractivity contribution in [2.75, 3.05) is 26.7 Å². The maximum atomic E-state index is 12.3. The molecule has 1 unspecified atom stereocenters. The molecule has 0 bridgehead atoms. The zero-order valence-corrected chi connectivity index (χ0v) is 15.3. The van der Waals surface area contributed by atoms with Crippen LogP contribution in [-0.4, -0.2) is 47.2 Å². The predicted octanol–water partition coefficient (Wildman–Crippen LogP) is 0.995. The summed E-state index contributed by atoms with van der Waals surface area (Å²) in [4.78, 5) is 4.34. The van der Waals surface area contributed by atoms with E-state index in [4.69, 9.17) is 4.74 Å². The quantitative estimate of drug-likeness (QED) is 0.363. The Morgan fingerprint density at radius 2 is 2.12 bits per heavy atom. The molecule has 0 amide bonds. The highest BCUT2D eigenvalue weighted by Gasteiger charge is 2.20. The van der Waals surface area contributed by atoms with Gasteiger partial charge in [0.25, 0.3) is 0 Å². The van der Waals surface area contributed by atoms with Crippen LogP contribution in [0, 0.1) is 0 Å². The van der Waals surface area contributed by atoms with E-state index in [-0.39, 0.29) is 11.0 Å². The molecule has 3 N–H and O–H groups in total. The third kappa shape index (κ3) is 6.15. The Morgan fingerprint density at radius 3 is 2.72 bits per heavy atom. The zero-order chi connectivity index (χ0) is 18.1. The first-order valence-electron chi connectivity index (χ1n) is 8.31. The van der Waals surface area contributed by atoms with E-state index >= 15 is 0 Å². The first-order chi connectivity index (χ1) is 12.0. The molecule has 1 heterocycles. The highest BCUT2D eigenvalue weighted by molar-refractivity contribution is 7.89. The largest absolute Gasteiger partial charge is 0.377 e. The Bertz CT molecular complexity index is 680. The number of hydrogen-bond acceptors (Lipinski definition) is 4. The van der Waals surface area contributed by atoms with Crippen LogP contribution in [0.15, 0.2) is 46.8 Å². The third-order valence-corrected chi connectivity index (χ3v) is 5.30. The number of sulfonamides is 1. The molecule has 1 fully saturated rings. The van der Waals surface area contributed by atoms with Crippen molar-refractivity contribution in [2.24, 2.45) is 4.99 Å². The highest BCUT2D eigenvalue weighted by Crippen LogP contribution is 2.14. The van der Waals surface area contributed by atoms with Gasteiger partial charge in [0.2, 0.25) is 10.0 Å². The lowest BCUT2D eigenvalue weighted by atomic mass is 10.2. The van der Waals surface area contributed by atoms with E-state index in [1.54, 1.807) is 37.4 Å². The van der Waals surface area contributed by atoms with Crippen molar-refractivity contribution < 1.29 is 13.2 Å². The fourth-order valence-electron chi connectivity index (χ4n) is 2.45. The van der Waals surface area contributed by atoms with Gasteiger partial charge in [-0.25, -0.2) is 13.1 Å². The average molecular weight is 366 g/mol. The molecule has 138 valence electrons. The van der Waals surface area contributed by atoms with Crippen LogP contribution in [0.3, 0.4) is 0 Å². The van der Waals surface area contributed by atoms with Gasteiger partial charge in [-0.15, -0.1) is 6.58 Å². The second kappa shape index (κ2) is 9.55. The normalized spacial score (nSPS) is 18.1. The van der Waals surface area contributed by atoms with Crippen molar-refractivity contribution in [3.8, 4) is 0 Å². The first kappa shape index (κ1) is 19.4. The summed E-state index contributed by atoms with van der Waals surface area (Å²) in [5.41, 5.74) is 0.958. The van der Waals surface area contributed by atoms with Gasteiger partial charge in [-0.05, 0) is 30.5 Å². The van der Waals surface area contributed by atoms with E-state index in [9.17, 15) is 8.42 Å². The molecule has 1 saturated heterocycles. The summed E-state index contributed by atoms with van der Waals surface area (Å²) in [6.45, 7) is 5.83. The van der Waals surface area contributed by atoms with Crippen LogP contribution in [-0.2, 0) is 21.3 Å². The first-order valence-corrected chi connectivity index (χ1v) is 9.79. The second-order valence-electron chi connectivity index (χ2n) is 5.73. The molecule has 1 atom stereocenters. The summed E-state index contributed by atoms with van der Waals surface area (Å²) in [5, 5.41) is 6.22. The minimum Gasteiger partial charge on any atom is -0.377 e. The number of nitrogens with one attached hydrogen (secondary N) is 3. The maximum Gasteiger partial charge on any atom is 0.240 e. The molecular formula is C17H26N4O3S. The van der Waals surface area contributed by atoms with Crippen LogP contribution in [0.4, 0.5) is 0 Å². The number of ether oxygens (including phenoxy) is 1. The molecule has 0 aliphatic carbocycles. The predicted molar refractivity (Wildman–Crippen MR) is 99.0 cm³/mol. The Kier molecular flexibility index (Phi) is 7.42. The fourth-order valence-corrected chi connectivity index (χ4v) is 3.52. The third-order valence-electron chi connectivity index (χ3n) is 3.86. The second-order valence-corrected chi connectivity index (χ2v) is 7.49. The molecule has 0 aromatic heterocycles. The van der Waals surface area contributed by atoms with Crippen LogP contribution in [0.5, 0.6) is 0 Å². The Morgan fingerprint density at radius 1 is 1.36 bits per heavy atom. The van der Waals surface area contributed by atoms with Gasteiger partial charge in [0.1, 0.15) is 0 Å². The SMILES string of the molecule is C=CCNC(=NC)NCc1ccc(S(=O)(=O)NCC2CCCO2)cc1. The standard InChI is InChI=1S/C17H26N4O3S/c1-3-10-19-17(18-2)20-12-14-6-8-16(9-7-14)25(22,23)21-13-15-5-4-11-24-15/h3,6-9,15,21H,1,4-5,10-13H2,2H3,(H2,18,19,20). The molecule has 25 heavy (non-hydrogen) atoms. The molecule has 7 nitrogen and oxygen atoms in total. The number of nitrogens with zero attached hydrogens (tertiary/aromatic N) is 1. The van der Waals surface area contributed by atoms with E-state index in [0.29, 0.717) is 32.2 Å². The summed E-state index contributed by atoms with van der Waals surface area (Å²) >= 11 is 0. The zero-order valence-electron chi connectivity index (χ0n) is 14.5. The van der Waals surface area contributed by atoms with Crippen molar-refractivity contribution >= 4 is 16.0 Å². The molecule has 8 heteroatoms. The number of rotatable bonds is 8. The number of guanidine groups is 1. The van der Waals surface area contributed by atoms with Crippen molar-refractivity contribution in [3.63, 3.8) is 0 Å². The number of hydrogen-bond donors (Lipinski definition) is 3. The van der Waals surface area contributed by atoms with Gasteiger partial charge < -0.3 is 15.4 Å². The summed E-state index contributed by atoms with van der Waals surface area (Å²) in [5.74, 6) is 0.662. The topological polar surface area (TPSA) is 91.8 Å². The lowest BCUT2D eigenvalue weighted by Gasteiger charge is -2.12. The molecule has 1 aromatic carbocycles. The van der Waals surface area contributed by atoms with Gasteiger partial charge in [-0.1, -0.05) is 18.2 Å². The van der Waals surface area contributed by atoms with E-state index in [1.807, 2.05) is 0 Å². The van der Waals surface area contributed by atoms with Crippen LogP contribution in [0.25, 0.3) is 0 Å². The van der Waals surface area contributed by atoms with Crippen molar-refractivity contribution in [1.29, 1.82) is 0 Å².